The molecule has 0 spiro atoms. The summed E-state index contributed by atoms with van der Waals surface area (Å²) < 4.78 is 1.12. The maximum Gasteiger partial charge on any atom is 0.246 e. The highest BCUT2D eigenvalue weighted by Crippen LogP contribution is 2.31. The maximum absolute atomic E-state index is 12.3. The van der Waals surface area contributed by atoms with Crippen LogP contribution in [0.15, 0.2) is 30.3 Å². The molecule has 0 radical (unpaired) electrons. The third-order valence-corrected chi connectivity index (χ3v) is 5.51. The molecule has 24 heavy (non-hydrogen) atoms. The number of benzene rings is 1. The Bertz CT molecular complexity index is 768. The van der Waals surface area contributed by atoms with Gasteiger partial charge in [0, 0.05) is 38.2 Å². The van der Waals surface area contributed by atoms with E-state index in [1.807, 2.05) is 29.2 Å². The van der Waals surface area contributed by atoms with Crippen molar-refractivity contribution in [3.63, 3.8) is 0 Å². The summed E-state index contributed by atoms with van der Waals surface area (Å²) in [5.74, 6) is 0.520. The minimum Gasteiger partial charge on any atom is -0.339 e. The highest BCUT2D eigenvalue weighted by Gasteiger charge is 2.34. The summed E-state index contributed by atoms with van der Waals surface area (Å²) in [6, 6.07) is 7.95. The Morgan fingerprint density at radius 3 is 2.50 bits per heavy atom. The van der Waals surface area contributed by atoms with Crippen molar-refractivity contribution in [3.8, 4) is 0 Å². The first-order chi connectivity index (χ1) is 11.7. The van der Waals surface area contributed by atoms with E-state index in [0.717, 1.165) is 28.1 Å². The van der Waals surface area contributed by atoms with Crippen molar-refractivity contribution in [3.05, 3.63) is 35.3 Å². The van der Waals surface area contributed by atoms with Crippen LogP contribution in [-0.4, -0.2) is 52.8 Å². The molecule has 2 aliphatic rings. The number of aromatic nitrogens is 1. The molecule has 0 N–H and O–H groups in total. The Hall–Kier alpha value is -2.21. The van der Waals surface area contributed by atoms with Crippen LogP contribution < -0.4 is 0 Å². The molecule has 6 heteroatoms. The van der Waals surface area contributed by atoms with Crippen molar-refractivity contribution in [1.82, 2.24) is 14.8 Å². The molecular weight excluding hydrogens is 322 g/mol. The smallest absolute Gasteiger partial charge is 0.246 e. The van der Waals surface area contributed by atoms with Crippen molar-refractivity contribution < 1.29 is 9.59 Å². The van der Waals surface area contributed by atoms with E-state index in [-0.39, 0.29) is 17.7 Å². The predicted octanol–water partition coefficient (Wildman–Crippen LogP) is 2.39. The number of nitrogens with zero attached hydrogens (tertiary/aromatic N) is 3. The van der Waals surface area contributed by atoms with E-state index in [9.17, 15) is 9.59 Å². The summed E-state index contributed by atoms with van der Waals surface area (Å²) in [5, 5.41) is 0.840. The Labute approximate surface area is 144 Å². The SMILES string of the molecule is O=C(C=Cc1nc2ccccc2s1)N1CCN(C(=O)C2CC2)CC1. The van der Waals surface area contributed by atoms with E-state index in [0.29, 0.717) is 26.2 Å². The fourth-order valence-corrected chi connectivity index (χ4v) is 3.82. The van der Waals surface area contributed by atoms with Crippen LogP contribution in [0, 0.1) is 5.92 Å². The normalized spacial score (nSPS) is 18.5. The third kappa shape index (κ3) is 3.19. The number of piperazine rings is 1. The molecule has 1 aliphatic carbocycles. The fraction of sp³-hybridized carbons (Fsp3) is 0.389. The molecule has 2 aromatic rings. The zero-order chi connectivity index (χ0) is 16.5. The van der Waals surface area contributed by atoms with Gasteiger partial charge in [-0.3, -0.25) is 9.59 Å². The number of fused-ring (bicyclic) bond motifs is 1. The second-order valence-electron chi connectivity index (χ2n) is 6.28. The quantitative estimate of drug-likeness (QED) is 0.806. The van der Waals surface area contributed by atoms with Crippen LogP contribution in [0.5, 0.6) is 0 Å². The van der Waals surface area contributed by atoms with Gasteiger partial charge in [0.05, 0.1) is 10.2 Å². The zero-order valence-electron chi connectivity index (χ0n) is 13.4. The van der Waals surface area contributed by atoms with E-state index in [2.05, 4.69) is 4.98 Å². The van der Waals surface area contributed by atoms with Crippen LogP contribution in [0.25, 0.3) is 16.3 Å². The minimum absolute atomic E-state index is 0.00669. The summed E-state index contributed by atoms with van der Waals surface area (Å²) in [5.41, 5.74) is 0.960. The van der Waals surface area contributed by atoms with Gasteiger partial charge in [-0.1, -0.05) is 12.1 Å². The van der Waals surface area contributed by atoms with Crippen LogP contribution in [0.1, 0.15) is 17.8 Å². The number of hydrogen-bond acceptors (Lipinski definition) is 4. The first-order valence-corrected chi connectivity index (χ1v) is 9.14. The summed E-state index contributed by atoms with van der Waals surface area (Å²) in [6.45, 7) is 2.52. The number of amides is 2. The Morgan fingerprint density at radius 2 is 1.79 bits per heavy atom. The van der Waals surface area contributed by atoms with Crippen LogP contribution in [0.4, 0.5) is 0 Å². The lowest BCUT2D eigenvalue weighted by Gasteiger charge is -2.34. The molecular formula is C18H19N3O2S. The average molecular weight is 341 g/mol. The number of thiazole rings is 1. The second-order valence-corrected chi connectivity index (χ2v) is 7.34. The highest BCUT2D eigenvalue weighted by molar-refractivity contribution is 7.19. The van der Waals surface area contributed by atoms with Crippen molar-refractivity contribution in [2.45, 2.75) is 12.8 Å². The van der Waals surface area contributed by atoms with Crippen molar-refractivity contribution >= 4 is 39.4 Å². The predicted molar refractivity (Wildman–Crippen MR) is 94.5 cm³/mol. The molecule has 1 aliphatic heterocycles. The topological polar surface area (TPSA) is 53.5 Å². The molecule has 2 amide bonds. The first-order valence-electron chi connectivity index (χ1n) is 8.32. The van der Waals surface area contributed by atoms with E-state index in [1.165, 1.54) is 0 Å². The molecule has 124 valence electrons. The van der Waals surface area contributed by atoms with Crippen LogP contribution in [-0.2, 0) is 9.59 Å². The van der Waals surface area contributed by atoms with Gasteiger partial charge >= 0.3 is 0 Å². The van der Waals surface area contributed by atoms with Crippen LogP contribution in [0.2, 0.25) is 0 Å². The molecule has 1 aromatic carbocycles. The van der Waals surface area contributed by atoms with Crippen LogP contribution in [0.3, 0.4) is 0 Å². The fourth-order valence-electron chi connectivity index (χ4n) is 2.95. The molecule has 1 aromatic heterocycles. The number of carbonyl (C=O) groups is 2. The molecule has 0 atom stereocenters. The van der Waals surface area contributed by atoms with E-state index >= 15 is 0 Å². The van der Waals surface area contributed by atoms with E-state index in [1.54, 1.807) is 28.4 Å². The van der Waals surface area contributed by atoms with Gasteiger partial charge in [-0.25, -0.2) is 4.98 Å². The first kappa shape index (κ1) is 15.3. The summed E-state index contributed by atoms with van der Waals surface area (Å²) >= 11 is 1.58. The standard InChI is InChI=1S/C18H19N3O2S/c22-17(8-7-16-19-14-3-1-2-4-15(14)24-16)20-9-11-21(12-10-20)18(23)13-5-6-13/h1-4,7-8,13H,5-6,9-12H2. The van der Waals surface area contributed by atoms with Gasteiger partial charge in [-0.15, -0.1) is 11.3 Å². The largest absolute Gasteiger partial charge is 0.339 e. The number of rotatable bonds is 3. The molecule has 0 bridgehead atoms. The third-order valence-electron chi connectivity index (χ3n) is 4.51. The van der Waals surface area contributed by atoms with Crippen LogP contribution >= 0.6 is 11.3 Å². The zero-order valence-corrected chi connectivity index (χ0v) is 14.2. The van der Waals surface area contributed by atoms with Gasteiger partial charge in [-0.2, -0.15) is 0 Å². The minimum atomic E-state index is -0.00669. The van der Waals surface area contributed by atoms with Gasteiger partial charge in [-0.05, 0) is 31.1 Å². The average Bonchev–Trinajstić information content (AvgIpc) is 3.38. The molecule has 1 saturated carbocycles. The molecule has 2 fully saturated rings. The van der Waals surface area contributed by atoms with Crippen molar-refractivity contribution in [2.75, 3.05) is 26.2 Å². The highest BCUT2D eigenvalue weighted by atomic mass is 32.1. The van der Waals surface area contributed by atoms with Crippen molar-refractivity contribution in [1.29, 1.82) is 0 Å². The lowest BCUT2D eigenvalue weighted by Crippen LogP contribution is -2.50. The van der Waals surface area contributed by atoms with Crippen molar-refractivity contribution in [2.24, 2.45) is 5.92 Å². The molecule has 5 nitrogen and oxygen atoms in total. The van der Waals surface area contributed by atoms with Gasteiger partial charge in [0.2, 0.25) is 11.8 Å². The molecule has 1 saturated heterocycles. The molecule has 0 unspecified atom stereocenters. The monoisotopic (exact) mass is 341 g/mol. The lowest BCUT2D eigenvalue weighted by atomic mass is 10.2. The number of para-hydroxylation sites is 1. The summed E-state index contributed by atoms with van der Waals surface area (Å²) in [4.78, 5) is 32.6. The van der Waals surface area contributed by atoms with Gasteiger partial charge < -0.3 is 9.80 Å². The van der Waals surface area contributed by atoms with Gasteiger partial charge in [0.1, 0.15) is 5.01 Å². The summed E-state index contributed by atoms with van der Waals surface area (Å²) in [7, 11) is 0. The molecule has 2 heterocycles. The maximum atomic E-state index is 12.3. The number of hydrogen-bond donors (Lipinski definition) is 0. The Kier molecular flexibility index (Phi) is 4.06. The second kappa shape index (κ2) is 6.36. The van der Waals surface area contributed by atoms with E-state index in [4.69, 9.17) is 0 Å². The Morgan fingerprint density at radius 1 is 1.08 bits per heavy atom. The Balaban J connectivity index is 1.35. The molecule has 4 rings (SSSR count). The van der Waals surface area contributed by atoms with Gasteiger partial charge in [0.15, 0.2) is 0 Å². The summed E-state index contributed by atoms with van der Waals surface area (Å²) in [6.07, 6.45) is 5.44. The van der Waals surface area contributed by atoms with Gasteiger partial charge in [0.25, 0.3) is 0 Å². The van der Waals surface area contributed by atoms with E-state index < -0.39 is 0 Å². The number of carbonyl (C=O) groups excluding carboxylic acids is 2. The lowest BCUT2D eigenvalue weighted by molar-refractivity contribution is -0.138.